The van der Waals surface area contributed by atoms with Gasteiger partial charge in [0.1, 0.15) is 12.4 Å². The van der Waals surface area contributed by atoms with E-state index in [1.54, 1.807) is 0 Å². The number of rotatable bonds is 4. The summed E-state index contributed by atoms with van der Waals surface area (Å²) in [6, 6.07) is 8.99. The first-order valence-corrected chi connectivity index (χ1v) is 6.11. The molecule has 4 nitrogen and oxygen atoms in total. The molecule has 0 N–H and O–H groups in total. The maximum absolute atomic E-state index is 13.2. The van der Waals surface area contributed by atoms with E-state index in [-0.39, 0.29) is 18.0 Å². The van der Waals surface area contributed by atoms with Crippen LogP contribution in [0.5, 0.6) is 5.75 Å². The van der Waals surface area contributed by atoms with Crippen LogP contribution < -0.4 is 4.74 Å². The van der Waals surface area contributed by atoms with E-state index in [2.05, 4.69) is 0 Å². The van der Waals surface area contributed by atoms with Crippen molar-refractivity contribution in [2.45, 2.75) is 20.5 Å². The molecular weight excluding hydrogens is 261 g/mol. The molecule has 0 bridgehead atoms. The van der Waals surface area contributed by atoms with Gasteiger partial charge in [0.25, 0.3) is 0 Å². The fraction of sp³-hybridized carbons (Fsp3) is 0.200. The zero-order chi connectivity index (χ0) is 14.7. The van der Waals surface area contributed by atoms with Crippen molar-refractivity contribution in [3.8, 4) is 5.75 Å². The smallest absolute Gasteiger partial charge is 0.311 e. The van der Waals surface area contributed by atoms with Crippen LogP contribution in [0.1, 0.15) is 16.7 Å². The summed E-state index contributed by atoms with van der Waals surface area (Å²) >= 11 is 0. The monoisotopic (exact) mass is 275 g/mol. The van der Waals surface area contributed by atoms with Gasteiger partial charge in [-0.05, 0) is 36.6 Å². The van der Waals surface area contributed by atoms with E-state index in [0.717, 1.165) is 34.9 Å². The number of hydrogen-bond acceptors (Lipinski definition) is 3. The summed E-state index contributed by atoms with van der Waals surface area (Å²) in [5.41, 5.74) is 2.77. The van der Waals surface area contributed by atoms with Crippen LogP contribution in [0.4, 0.5) is 10.1 Å². The van der Waals surface area contributed by atoms with E-state index >= 15 is 0 Å². The highest BCUT2D eigenvalue weighted by atomic mass is 19.1. The Hall–Kier alpha value is -2.43. The van der Waals surface area contributed by atoms with E-state index in [1.165, 1.54) is 0 Å². The lowest BCUT2D eigenvalue weighted by atomic mass is 10.0. The lowest BCUT2D eigenvalue weighted by Crippen LogP contribution is -2.03. The van der Waals surface area contributed by atoms with Crippen LogP contribution >= 0.6 is 0 Å². The van der Waals surface area contributed by atoms with Crippen molar-refractivity contribution in [2.75, 3.05) is 0 Å². The van der Waals surface area contributed by atoms with Crippen molar-refractivity contribution in [2.24, 2.45) is 0 Å². The lowest BCUT2D eigenvalue weighted by Gasteiger charge is -2.11. The summed E-state index contributed by atoms with van der Waals surface area (Å²) < 4.78 is 18.6. The quantitative estimate of drug-likeness (QED) is 0.627. The van der Waals surface area contributed by atoms with Crippen LogP contribution in [0.2, 0.25) is 0 Å². The molecule has 0 radical (unpaired) electrons. The van der Waals surface area contributed by atoms with Gasteiger partial charge in [0.05, 0.1) is 4.92 Å². The first kappa shape index (κ1) is 14.0. The average Bonchev–Trinajstić information content (AvgIpc) is 2.37. The van der Waals surface area contributed by atoms with Gasteiger partial charge in [-0.1, -0.05) is 18.2 Å². The Morgan fingerprint density at radius 1 is 1.20 bits per heavy atom. The zero-order valence-corrected chi connectivity index (χ0v) is 11.2. The minimum atomic E-state index is -0.584. The second-order valence-corrected chi connectivity index (χ2v) is 4.53. The van der Waals surface area contributed by atoms with Crippen LogP contribution in [0, 0.1) is 29.8 Å². The molecule has 0 atom stereocenters. The van der Waals surface area contributed by atoms with Crippen molar-refractivity contribution in [3.63, 3.8) is 0 Å². The molecule has 0 saturated carbocycles. The third-order valence-electron chi connectivity index (χ3n) is 3.14. The molecule has 0 aliphatic heterocycles. The molecule has 0 saturated heterocycles. The summed E-state index contributed by atoms with van der Waals surface area (Å²) in [7, 11) is 0. The highest BCUT2D eigenvalue weighted by Crippen LogP contribution is 2.28. The van der Waals surface area contributed by atoms with Gasteiger partial charge in [-0.3, -0.25) is 10.1 Å². The second-order valence-electron chi connectivity index (χ2n) is 4.53. The summed E-state index contributed by atoms with van der Waals surface area (Å²) in [6.45, 7) is 4.04. The van der Waals surface area contributed by atoms with Gasteiger partial charge in [0.15, 0.2) is 5.75 Å². The highest BCUT2D eigenvalue weighted by Gasteiger charge is 2.16. The number of nitro benzene ring substituents is 1. The minimum absolute atomic E-state index is 0.0577. The predicted molar refractivity (Wildman–Crippen MR) is 73.3 cm³/mol. The molecule has 104 valence electrons. The number of hydrogen-bond donors (Lipinski definition) is 0. The molecular formula is C15H14FNO3. The van der Waals surface area contributed by atoms with Gasteiger partial charge in [-0.15, -0.1) is 0 Å². The molecule has 0 spiro atoms. The Labute approximate surface area is 116 Å². The first-order chi connectivity index (χ1) is 9.49. The maximum atomic E-state index is 13.2. The normalized spacial score (nSPS) is 10.3. The Balaban J connectivity index is 2.27. The third kappa shape index (κ3) is 2.93. The van der Waals surface area contributed by atoms with Gasteiger partial charge in [0, 0.05) is 12.1 Å². The standard InChI is InChI=1S/C15H14FNO3/c1-10-4-3-5-11(2)13(10)9-20-15-8-12(16)6-7-14(15)17(18)19/h3-8H,9H2,1-2H3. The maximum Gasteiger partial charge on any atom is 0.311 e. The molecule has 0 aliphatic carbocycles. The van der Waals surface area contributed by atoms with Crippen molar-refractivity contribution in [3.05, 3.63) is 69.0 Å². The van der Waals surface area contributed by atoms with Gasteiger partial charge in [-0.2, -0.15) is 0 Å². The molecule has 0 amide bonds. The Morgan fingerprint density at radius 3 is 2.45 bits per heavy atom. The van der Waals surface area contributed by atoms with Crippen LogP contribution in [0.25, 0.3) is 0 Å². The number of aryl methyl sites for hydroxylation is 2. The molecule has 0 unspecified atom stereocenters. The van der Waals surface area contributed by atoms with Gasteiger partial charge < -0.3 is 4.74 Å². The average molecular weight is 275 g/mol. The van der Waals surface area contributed by atoms with E-state index in [0.29, 0.717) is 0 Å². The van der Waals surface area contributed by atoms with Gasteiger partial charge in [0.2, 0.25) is 0 Å². The number of ether oxygens (including phenoxy) is 1. The predicted octanol–water partition coefficient (Wildman–Crippen LogP) is 3.93. The molecule has 2 aromatic rings. The Bertz CT molecular complexity index is 635. The summed E-state index contributed by atoms with van der Waals surface area (Å²) in [4.78, 5) is 10.3. The Kier molecular flexibility index (Phi) is 3.98. The first-order valence-electron chi connectivity index (χ1n) is 6.11. The van der Waals surface area contributed by atoms with Crippen LogP contribution in [-0.4, -0.2) is 4.92 Å². The fourth-order valence-electron chi connectivity index (χ4n) is 1.98. The molecule has 0 heterocycles. The van der Waals surface area contributed by atoms with Crippen molar-refractivity contribution in [1.82, 2.24) is 0 Å². The van der Waals surface area contributed by atoms with Crippen LogP contribution in [0.15, 0.2) is 36.4 Å². The molecule has 0 aromatic heterocycles. The summed E-state index contributed by atoms with van der Waals surface area (Å²) in [5, 5.41) is 10.9. The number of nitrogens with zero attached hydrogens (tertiary/aromatic N) is 1. The van der Waals surface area contributed by atoms with Crippen molar-refractivity contribution in [1.29, 1.82) is 0 Å². The molecule has 2 rings (SSSR count). The van der Waals surface area contributed by atoms with Crippen molar-refractivity contribution < 1.29 is 14.1 Å². The van der Waals surface area contributed by atoms with E-state index < -0.39 is 10.7 Å². The topological polar surface area (TPSA) is 52.4 Å². The van der Waals surface area contributed by atoms with Crippen molar-refractivity contribution >= 4 is 5.69 Å². The fourth-order valence-corrected chi connectivity index (χ4v) is 1.98. The zero-order valence-electron chi connectivity index (χ0n) is 11.2. The van der Waals surface area contributed by atoms with E-state index in [9.17, 15) is 14.5 Å². The molecule has 2 aromatic carbocycles. The van der Waals surface area contributed by atoms with E-state index in [1.807, 2.05) is 32.0 Å². The largest absolute Gasteiger partial charge is 0.482 e. The molecule has 0 fully saturated rings. The van der Waals surface area contributed by atoms with Gasteiger partial charge in [-0.25, -0.2) is 4.39 Å². The van der Waals surface area contributed by atoms with E-state index in [4.69, 9.17) is 4.74 Å². The highest BCUT2D eigenvalue weighted by molar-refractivity contribution is 5.46. The summed E-state index contributed by atoms with van der Waals surface area (Å²) in [6.07, 6.45) is 0. The van der Waals surface area contributed by atoms with Gasteiger partial charge >= 0.3 is 5.69 Å². The molecule has 5 heteroatoms. The second kappa shape index (κ2) is 5.69. The molecule has 0 aliphatic rings. The lowest BCUT2D eigenvalue weighted by molar-refractivity contribution is -0.386. The third-order valence-corrected chi connectivity index (χ3v) is 3.14. The number of nitro groups is 1. The van der Waals surface area contributed by atoms with Crippen LogP contribution in [0.3, 0.4) is 0 Å². The summed E-state index contributed by atoms with van der Waals surface area (Å²) in [5.74, 6) is -0.621. The SMILES string of the molecule is Cc1cccc(C)c1COc1cc(F)ccc1[N+](=O)[O-]. The van der Waals surface area contributed by atoms with Crippen LogP contribution in [-0.2, 0) is 6.61 Å². The Morgan fingerprint density at radius 2 is 1.85 bits per heavy atom. The minimum Gasteiger partial charge on any atom is -0.482 e. The number of benzene rings is 2. The number of halogens is 1. The molecule has 20 heavy (non-hydrogen) atoms.